The van der Waals surface area contributed by atoms with Crippen LogP contribution in [0.25, 0.3) is 0 Å². The summed E-state index contributed by atoms with van der Waals surface area (Å²) in [6, 6.07) is 4.51. The van der Waals surface area contributed by atoms with E-state index in [1.54, 1.807) is 30.9 Å². The van der Waals surface area contributed by atoms with Crippen LogP contribution in [-0.2, 0) is 10.0 Å². The number of aryl methyl sites for hydroxylation is 2. The van der Waals surface area contributed by atoms with Gasteiger partial charge in [-0.1, -0.05) is 5.16 Å². The fourth-order valence-electron chi connectivity index (χ4n) is 4.30. The van der Waals surface area contributed by atoms with Gasteiger partial charge >= 0.3 is 0 Å². The minimum absolute atomic E-state index is 0.0696. The molecule has 1 aromatic heterocycles. The summed E-state index contributed by atoms with van der Waals surface area (Å²) in [7, 11) is -3.74. The highest BCUT2D eigenvalue weighted by Gasteiger charge is 2.34. The summed E-state index contributed by atoms with van der Waals surface area (Å²) in [4.78, 5) is 27.5. The summed E-state index contributed by atoms with van der Waals surface area (Å²) in [6.07, 6.45) is 1.78. The normalized spacial score (nSPS) is 17.7. The second kappa shape index (κ2) is 8.51. The van der Waals surface area contributed by atoms with Crippen LogP contribution in [-0.4, -0.2) is 72.9 Å². The number of amides is 1. The van der Waals surface area contributed by atoms with Gasteiger partial charge in [0.05, 0.1) is 4.92 Å². The van der Waals surface area contributed by atoms with E-state index in [1.165, 1.54) is 10.4 Å². The van der Waals surface area contributed by atoms with E-state index in [0.29, 0.717) is 37.6 Å². The van der Waals surface area contributed by atoms with Gasteiger partial charge in [0.25, 0.3) is 11.6 Å². The first-order valence-electron chi connectivity index (χ1n) is 10.5. The number of nitrogens with zero attached hydrogens (tertiary/aromatic N) is 5. The number of anilines is 1. The lowest BCUT2D eigenvalue weighted by molar-refractivity contribution is -0.385. The molecule has 2 aromatic rings. The van der Waals surface area contributed by atoms with Crippen LogP contribution in [0.3, 0.4) is 0 Å². The van der Waals surface area contributed by atoms with Crippen LogP contribution in [0, 0.1) is 24.0 Å². The lowest BCUT2D eigenvalue weighted by atomic mass is 10.1. The Balaban J connectivity index is 1.54. The number of nitro benzene ring substituents is 1. The van der Waals surface area contributed by atoms with E-state index in [-0.39, 0.29) is 40.9 Å². The Labute approximate surface area is 185 Å². The number of piperazine rings is 1. The van der Waals surface area contributed by atoms with E-state index < -0.39 is 14.9 Å². The molecule has 3 heterocycles. The number of carbonyl (C=O) groups is 1. The Bertz CT molecular complexity index is 1130. The molecule has 0 saturated carbocycles. The molecule has 0 bridgehead atoms. The molecule has 2 aliphatic heterocycles. The van der Waals surface area contributed by atoms with Crippen molar-refractivity contribution in [3.05, 3.63) is 45.3 Å². The van der Waals surface area contributed by atoms with Gasteiger partial charge in [-0.15, -0.1) is 0 Å². The first-order valence-corrected chi connectivity index (χ1v) is 11.9. The van der Waals surface area contributed by atoms with E-state index in [1.807, 2.05) is 4.90 Å². The monoisotopic (exact) mass is 463 g/mol. The number of sulfonamides is 1. The molecular formula is C20H25N5O6S. The lowest BCUT2D eigenvalue weighted by Crippen LogP contribution is -2.48. The first-order chi connectivity index (χ1) is 15.2. The topological polar surface area (TPSA) is 130 Å². The highest BCUT2D eigenvalue weighted by atomic mass is 32.2. The number of benzene rings is 1. The zero-order valence-electron chi connectivity index (χ0n) is 18.0. The van der Waals surface area contributed by atoms with Gasteiger partial charge in [0.2, 0.25) is 10.0 Å². The van der Waals surface area contributed by atoms with Gasteiger partial charge in [0, 0.05) is 51.0 Å². The van der Waals surface area contributed by atoms with Crippen molar-refractivity contribution in [3.8, 4) is 0 Å². The summed E-state index contributed by atoms with van der Waals surface area (Å²) in [5.41, 5.74) is 0.836. The third-order valence-corrected chi connectivity index (χ3v) is 8.11. The SMILES string of the molecule is Cc1noc(C)c1S(=O)(=O)N1CCN(c2ccc([N+](=O)[O-])c(C(=O)N3CCCC3)c2)CC1. The molecule has 12 heteroatoms. The molecule has 0 N–H and O–H groups in total. The number of carbonyl (C=O) groups excluding carboxylic acids is 1. The maximum atomic E-state index is 13.0. The van der Waals surface area contributed by atoms with Crippen LogP contribution in [0.1, 0.15) is 34.7 Å². The minimum atomic E-state index is -3.74. The van der Waals surface area contributed by atoms with Crippen molar-refractivity contribution >= 4 is 27.3 Å². The van der Waals surface area contributed by atoms with Crippen LogP contribution >= 0.6 is 0 Å². The molecule has 0 radical (unpaired) electrons. The number of nitro groups is 1. The van der Waals surface area contributed by atoms with E-state index >= 15 is 0 Å². The third-order valence-electron chi connectivity index (χ3n) is 5.97. The molecule has 32 heavy (non-hydrogen) atoms. The van der Waals surface area contributed by atoms with Gasteiger partial charge in [-0.25, -0.2) is 8.42 Å². The number of hydrogen-bond acceptors (Lipinski definition) is 8. The van der Waals surface area contributed by atoms with Crippen molar-refractivity contribution in [2.75, 3.05) is 44.2 Å². The molecule has 1 aromatic carbocycles. The predicted octanol–water partition coefficient (Wildman–Crippen LogP) is 1.95. The number of hydrogen-bond donors (Lipinski definition) is 0. The van der Waals surface area contributed by atoms with Crippen molar-refractivity contribution in [1.29, 1.82) is 0 Å². The predicted molar refractivity (Wildman–Crippen MR) is 115 cm³/mol. The molecule has 0 unspecified atom stereocenters. The van der Waals surface area contributed by atoms with Crippen LogP contribution in [0.2, 0.25) is 0 Å². The van der Waals surface area contributed by atoms with E-state index in [2.05, 4.69) is 5.16 Å². The molecule has 0 aliphatic carbocycles. The van der Waals surface area contributed by atoms with Gasteiger partial charge in [0.1, 0.15) is 16.2 Å². The summed E-state index contributed by atoms with van der Waals surface area (Å²) in [5, 5.41) is 15.2. The van der Waals surface area contributed by atoms with Crippen LogP contribution in [0.4, 0.5) is 11.4 Å². The standard InChI is InChI=1S/C20H25N5O6S/c1-14-19(15(2)31-21-14)32(29,30)24-11-9-22(10-12-24)16-5-6-18(25(27)28)17(13-16)20(26)23-7-3-4-8-23/h5-6,13H,3-4,7-12H2,1-2H3. The zero-order chi connectivity index (χ0) is 23.0. The van der Waals surface area contributed by atoms with Crippen LogP contribution < -0.4 is 4.90 Å². The fraction of sp³-hybridized carbons (Fsp3) is 0.500. The Morgan fingerprint density at radius 1 is 1.09 bits per heavy atom. The quantitative estimate of drug-likeness (QED) is 0.486. The van der Waals surface area contributed by atoms with E-state index in [9.17, 15) is 23.3 Å². The Morgan fingerprint density at radius 3 is 2.31 bits per heavy atom. The summed E-state index contributed by atoms with van der Waals surface area (Å²) in [5.74, 6) is -0.0824. The van der Waals surface area contributed by atoms with Gasteiger partial charge in [-0.3, -0.25) is 14.9 Å². The summed E-state index contributed by atoms with van der Waals surface area (Å²) in [6.45, 7) is 5.60. The van der Waals surface area contributed by atoms with E-state index in [0.717, 1.165) is 12.8 Å². The molecule has 11 nitrogen and oxygen atoms in total. The van der Waals surface area contributed by atoms with Crippen molar-refractivity contribution in [1.82, 2.24) is 14.4 Å². The average Bonchev–Trinajstić information content (AvgIpc) is 3.43. The van der Waals surface area contributed by atoms with Gasteiger partial charge in [-0.2, -0.15) is 4.31 Å². The van der Waals surface area contributed by atoms with Crippen LogP contribution in [0.5, 0.6) is 0 Å². The molecular weight excluding hydrogens is 438 g/mol. The molecule has 2 fully saturated rings. The number of likely N-dealkylation sites (tertiary alicyclic amines) is 1. The fourth-order valence-corrected chi connectivity index (χ4v) is 6.01. The Morgan fingerprint density at radius 2 is 1.75 bits per heavy atom. The largest absolute Gasteiger partial charge is 0.369 e. The van der Waals surface area contributed by atoms with Gasteiger partial charge in [-0.05, 0) is 38.8 Å². The molecule has 2 saturated heterocycles. The number of rotatable bonds is 5. The third kappa shape index (κ3) is 3.95. The second-order valence-electron chi connectivity index (χ2n) is 8.00. The minimum Gasteiger partial charge on any atom is -0.369 e. The van der Waals surface area contributed by atoms with Crippen molar-refractivity contribution in [2.45, 2.75) is 31.6 Å². The van der Waals surface area contributed by atoms with E-state index in [4.69, 9.17) is 4.52 Å². The maximum absolute atomic E-state index is 13.0. The average molecular weight is 464 g/mol. The van der Waals surface area contributed by atoms with Crippen LogP contribution in [0.15, 0.2) is 27.6 Å². The second-order valence-corrected chi connectivity index (χ2v) is 9.88. The van der Waals surface area contributed by atoms with Crippen molar-refractivity contribution in [3.63, 3.8) is 0 Å². The van der Waals surface area contributed by atoms with Gasteiger partial charge < -0.3 is 14.3 Å². The molecule has 172 valence electrons. The zero-order valence-corrected chi connectivity index (χ0v) is 18.8. The molecule has 4 rings (SSSR count). The molecule has 1 amide bonds. The van der Waals surface area contributed by atoms with Gasteiger partial charge in [0.15, 0.2) is 5.76 Å². The smallest absolute Gasteiger partial charge is 0.282 e. The lowest BCUT2D eigenvalue weighted by Gasteiger charge is -2.35. The molecule has 0 atom stereocenters. The maximum Gasteiger partial charge on any atom is 0.282 e. The molecule has 0 spiro atoms. The number of aromatic nitrogens is 1. The Kier molecular flexibility index (Phi) is 5.91. The molecule has 2 aliphatic rings. The summed E-state index contributed by atoms with van der Waals surface area (Å²) >= 11 is 0. The van der Waals surface area contributed by atoms with Crippen molar-refractivity contribution < 1.29 is 22.7 Å². The Hall–Kier alpha value is -2.99. The highest BCUT2D eigenvalue weighted by Crippen LogP contribution is 2.29. The van der Waals surface area contributed by atoms with Crippen molar-refractivity contribution in [2.24, 2.45) is 0 Å². The summed E-state index contributed by atoms with van der Waals surface area (Å²) < 4.78 is 32.5. The first kappa shape index (κ1) is 22.2. The highest BCUT2D eigenvalue weighted by molar-refractivity contribution is 7.89.